The van der Waals surface area contributed by atoms with E-state index >= 15 is 0 Å². The molecule has 3 rings (SSSR count). The van der Waals surface area contributed by atoms with Crippen molar-refractivity contribution in [3.8, 4) is 5.75 Å². The van der Waals surface area contributed by atoms with Crippen LogP contribution in [0.1, 0.15) is 17.0 Å². The Morgan fingerprint density at radius 1 is 1.10 bits per heavy atom. The molecule has 29 heavy (non-hydrogen) atoms. The molecule has 0 aliphatic rings. The number of hydrogen-bond acceptors (Lipinski definition) is 8. The summed E-state index contributed by atoms with van der Waals surface area (Å²) in [4.78, 5) is 24.3. The molecule has 0 spiro atoms. The second-order valence-electron chi connectivity index (χ2n) is 6.24. The van der Waals surface area contributed by atoms with E-state index in [1.54, 1.807) is 12.1 Å². The predicted octanol–water partition coefficient (Wildman–Crippen LogP) is 3.59. The van der Waals surface area contributed by atoms with E-state index in [4.69, 9.17) is 26.8 Å². The number of aryl methyl sites for hydroxylation is 2. The second kappa shape index (κ2) is 9.20. The third-order valence-corrected chi connectivity index (χ3v) is 4.07. The number of anilines is 3. The Labute approximate surface area is 173 Å². The van der Waals surface area contributed by atoms with Crippen LogP contribution in [-0.2, 0) is 16.1 Å². The number of ether oxygens (including phenoxy) is 2. The molecule has 0 saturated heterocycles. The van der Waals surface area contributed by atoms with Crippen molar-refractivity contribution in [3.63, 3.8) is 0 Å². The predicted molar refractivity (Wildman–Crippen MR) is 110 cm³/mol. The molecule has 0 atom stereocenters. The maximum Gasteiger partial charge on any atom is 0.344 e. The van der Waals surface area contributed by atoms with Gasteiger partial charge in [-0.15, -0.1) is 0 Å². The second-order valence-corrected chi connectivity index (χ2v) is 6.68. The van der Waals surface area contributed by atoms with E-state index in [9.17, 15) is 4.79 Å². The number of carbonyl (C=O) groups is 1. The van der Waals surface area contributed by atoms with Gasteiger partial charge in [-0.25, -0.2) is 4.79 Å². The first-order valence-corrected chi connectivity index (χ1v) is 9.16. The molecule has 0 aliphatic carbocycles. The van der Waals surface area contributed by atoms with Gasteiger partial charge in [0.25, 0.3) is 0 Å². The fourth-order valence-corrected chi connectivity index (χ4v) is 2.98. The van der Waals surface area contributed by atoms with Gasteiger partial charge in [0.2, 0.25) is 11.9 Å². The number of para-hydroxylation sites is 1. The standard InChI is InChI=1S/C20H20ClN5O3/c1-12-8-14(21)9-13(2)18(12)29-11-17(27)28-10-16-24-19(22)26-20(25-16)23-15-6-4-3-5-7-15/h3-9H,10-11H2,1-2H3,(H3,22,23,24,25,26). The van der Waals surface area contributed by atoms with Crippen LogP contribution in [0.25, 0.3) is 0 Å². The summed E-state index contributed by atoms with van der Waals surface area (Å²) >= 11 is 6.00. The first-order valence-electron chi connectivity index (χ1n) is 8.78. The molecular formula is C20H20ClN5O3. The molecule has 0 unspecified atom stereocenters. The lowest BCUT2D eigenvalue weighted by Gasteiger charge is -2.12. The van der Waals surface area contributed by atoms with Crippen LogP contribution < -0.4 is 15.8 Å². The van der Waals surface area contributed by atoms with E-state index in [2.05, 4.69) is 20.3 Å². The number of hydrogen-bond donors (Lipinski definition) is 2. The third-order valence-electron chi connectivity index (χ3n) is 3.85. The van der Waals surface area contributed by atoms with Gasteiger partial charge in [0.05, 0.1) is 0 Å². The zero-order chi connectivity index (χ0) is 20.8. The summed E-state index contributed by atoms with van der Waals surface area (Å²) in [5, 5.41) is 3.63. The maximum absolute atomic E-state index is 12.0. The monoisotopic (exact) mass is 413 g/mol. The molecule has 1 heterocycles. The normalized spacial score (nSPS) is 10.4. The number of nitrogens with one attached hydrogen (secondary N) is 1. The molecule has 9 heteroatoms. The fraction of sp³-hybridized carbons (Fsp3) is 0.200. The van der Waals surface area contributed by atoms with Crippen LogP contribution in [0, 0.1) is 13.8 Å². The van der Waals surface area contributed by atoms with Gasteiger partial charge in [-0.05, 0) is 49.2 Å². The lowest BCUT2D eigenvalue weighted by atomic mass is 10.1. The summed E-state index contributed by atoms with van der Waals surface area (Å²) in [5.74, 6) is 0.551. The number of nitrogens with zero attached hydrogens (tertiary/aromatic N) is 3. The number of benzene rings is 2. The topological polar surface area (TPSA) is 112 Å². The van der Waals surface area contributed by atoms with Gasteiger partial charge < -0.3 is 20.5 Å². The number of aromatic nitrogens is 3. The quantitative estimate of drug-likeness (QED) is 0.565. The van der Waals surface area contributed by atoms with Gasteiger partial charge in [0.15, 0.2) is 19.0 Å². The number of nitrogen functional groups attached to an aromatic ring is 1. The van der Waals surface area contributed by atoms with Crippen LogP contribution in [0.2, 0.25) is 5.02 Å². The highest BCUT2D eigenvalue weighted by molar-refractivity contribution is 6.30. The maximum atomic E-state index is 12.0. The van der Waals surface area contributed by atoms with Crippen molar-refractivity contribution in [2.75, 3.05) is 17.7 Å². The zero-order valence-electron chi connectivity index (χ0n) is 16.0. The van der Waals surface area contributed by atoms with Crippen LogP contribution in [0.3, 0.4) is 0 Å². The Hall–Kier alpha value is -3.39. The number of rotatable bonds is 7. The molecule has 8 nitrogen and oxygen atoms in total. The molecule has 1 aromatic heterocycles. The first-order chi connectivity index (χ1) is 13.9. The van der Waals surface area contributed by atoms with Crippen molar-refractivity contribution in [3.05, 3.63) is 64.4 Å². The summed E-state index contributed by atoms with van der Waals surface area (Å²) in [6.07, 6.45) is 0. The van der Waals surface area contributed by atoms with Crippen LogP contribution >= 0.6 is 11.6 Å². The molecule has 0 amide bonds. The Kier molecular flexibility index (Phi) is 6.46. The summed E-state index contributed by atoms with van der Waals surface area (Å²) in [6, 6.07) is 12.9. The lowest BCUT2D eigenvalue weighted by Crippen LogP contribution is -2.17. The Morgan fingerprint density at radius 3 is 2.48 bits per heavy atom. The van der Waals surface area contributed by atoms with Crippen LogP contribution in [0.5, 0.6) is 5.75 Å². The van der Waals surface area contributed by atoms with Crippen molar-refractivity contribution in [2.24, 2.45) is 0 Å². The molecule has 0 fully saturated rings. The summed E-state index contributed by atoms with van der Waals surface area (Å²) in [7, 11) is 0. The van der Waals surface area contributed by atoms with Gasteiger partial charge in [0, 0.05) is 10.7 Å². The van der Waals surface area contributed by atoms with Crippen molar-refractivity contribution in [1.82, 2.24) is 15.0 Å². The van der Waals surface area contributed by atoms with E-state index in [1.165, 1.54) is 0 Å². The summed E-state index contributed by atoms with van der Waals surface area (Å²) in [5.41, 5.74) is 8.19. The van der Waals surface area contributed by atoms with Crippen molar-refractivity contribution < 1.29 is 14.3 Å². The molecule has 0 radical (unpaired) electrons. The van der Waals surface area contributed by atoms with Crippen LogP contribution in [-0.4, -0.2) is 27.5 Å². The molecule has 150 valence electrons. The highest BCUT2D eigenvalue weighted by Gasteiger charge is 2.12. The molecular weight excluding hydrogens is 394 g/mol. The molecule has 0 saturated carbocycles. The molecule has 0 bridgehead atoms. The van der Waals surface area contributed by atoms with E-state index in [0.29, 0.717) is 10.8 Å². The first kappa shape index (κ1) is 20.3. The Balaban J connectivity index is 1.57. The Bertz CT molecular complexity index is 991. The van der Waals surface area contributed by atoms with Gasteiger partial charge >= 0.3 is 5.97 Å². The van der Waals surface area contributed by atoms with E-state index in [-0.39, 0.29) is 30.9 Å². The SMILES string of the molecule is Cc1cc(Cl)cc(C)c1OCC(=O)OCc1nc(N)nc(Nc2ccccc2)n1. The number of esters is 1. The fourth-order valence-electron chi connectivity index (χ4n) is 2.65. The minimum absolute atomic E-state index is 0.0214. The van der Waals surface area contributed by atoms with Crippen LogP contribution in [0.15, 0.2) is 42.5 Å². The van der Waals surface area contributed by atoms with E-state index in [1.807, 2.05) is 44.2 Å². The number of nitrogens with two attached hydrogens (primary N) is 1. The molecule has 3 N–H and O–H groups in total. The number of halogens is 1. The highest BCUT2D eigenvalue weighted by Crippen LogP contribution is 2.27. The largest absolute Gasteiger partial charge is 0.481 e. The van der Waals surface area contributed by atoms with Gasteiger partial charge in [0.1, 0.15) is 5.75 Å². The molecule has 3 aromatic rings. The van der Waals surface area contributed by atoms with E-state index in [0.717, 1.165) is 16.8 Å². The van der Waals surface area contributed by atoms with Crippen molar-refractivity contribution in [1.29, 1.82) is 0 Å². The summed E-state index contributed by atoms with van der Waals surface area (Å²) in [6.45, 7) is 3.30. The minimum atomic E-state index is -0.560. The lowest BCUT2D eigenvalue weighted by molar-refractivity contribution is -0.147. The van der Waals surface area contributed by atoms with Crippen LogP contribution in [0.4, 0.5) is 17.6 Å². The van der Waals surface area contributed by atoms with Gasteiger partial charge in [-0.3, -0.25) is 0 Å². The summed E-state index contributed by atoms with van der Waals surface area (Å²) < 4.78 is 10.8. The average molecular weight is 414 g/mol. The van der Waals surface area contributed by atoms with E-state index < -0.39 is 5.97 Å². The molecule has 0 aliphatic heterocycles. The zero-order valence-corrected chi connectivity index (χ0v) is 16.7. The third kappa shape index (κ3) is 5.79. The van der Waals surface area contributed by atoms with Crippen molar-refractivity contribution in [2.45, 2.75) is 20.5 Å². The van der Waals surface area contributed by atoms with Crippen molar-refractivity contribution >= 4 is 35.2 Å². The Morgan fingerprint density at radius 2 is 1.79 bits per heavy atom. The average Bonchev–Trinajstić information content (AvgIpc) is 2.66. The van der Waals surface area contributed by atoms with Gasteiger partial charge in [-0.1, -0.05) is 29.8 Å². The highest BCUT2D eigenvalue weighted by atomic mass is 35.5. The van der Waals surface area contributed by atoms with Gasteiger partial charge in [-0.2, -0.15) is 15.0 Å². The number of carbonyl (C=O) groups excluding carboxylic acids is 1. The molecule has 2 aromatic carbocycles. The smallest absolute Gasteiger partial charge is 0.344 e. The minimum Gasteiger partial charge on any atom is -0.481 e.